The number of fused-ring (bicyclic) bond motifs is 1. The highest BCUT2D eigenvalue weighted by Gasteiger charge is 2.48. The second-order valence-corrected chi connectivity index (χ2v) is 5.90. The van der Waals surface area contributed by atoms with Gasteiger partial charge in [-0.15, -0.1) is 0 Å². The van der Waals surface area contributed by atoms with Crippen molar-refractivity contribution in [1.29, 1.82) is 0 Å². The number of aliphatic hydroxyl groups excluding tert-OH is 2. The Bertz CT molecular complexity index is 527. The highest BCUT2D eigenvalue weighted by atomic mass is 32.2. The van der Waals surface area contributed by atoms with Crippen molar-refractivity contribution in [3.05, 3.63) is 0 Å². The molecular formula is C11H17N5O5S. The van der Waals surface area contributed by atoms with Crippen LogP contribution in [0, 0.1) is 0 Å². The van der Waals surface area contributed by atoms with E-state index >= 15 is 0 Å². The highest BCUT2D eigenvalue weighted by Crippen LogP contribution is 2.28. The van der Waals surface area contributed by atoms with Gasteiger partial charge in [-0.3, -0.25) is 14.9 Å². The summed E-state index contributed by atoms with van der Waals surface area (Å²) in [7, 11) is 1.49. The Morgan fingerprint density at radius 1 is 1.55 bits per heavy atom. The Kier molecular flexibility index (Phi) is 4.88. The molecule has 0 saturated carbocycles. The Morgan fingerprint density at radius 3 is 2.82 bits per heavy atom. The molecule has 1 saturated heterocycles. The first-order valence-electron chi connectivity index (χ1n) is 6.47. The van der Waals surface area contributed by atoms with Crippen LogP contribution in [0.1, 0.15) is 0 Å². The van der Waals surface area contributed by atoms with Crippen LogP contribution in [-0.4, -0.2) is 87.3 Å². The van der Waals surface area contributed by atoms with E-state index < -0.39 is 42.8 Å². The number of imide groups is 1. The lowest BCUT2D eigenvalue weighted by Crippen LogP contribution is -2.64. The number of hydrogen-bond acceptors (Lipinski definition) is 8. The van der Waals surface area contributed by atoms with E-state index in [9.17, 15) is 19.5 Å². The third kappa shape index (κ3) is 3.15. The van der Waals surface area contributed by atoms with Gasteiger partial charge in [-0.25, -0.2) is 9.79 Å². The van der Waals surface area contributed by atoms with Gasteiger partial charge >= 0.3 is 6.03 Å². The topological polar surface area (TPSA) is 149 Å². The van der Waals surface area contributed by atoms with E-state index in [0.29, 0.717) is 5.17 Å². The van der Waals surface area contributed by atoms with Crippen molar-refractivity contribution in [2.24, 2.45) is 10.7 Å². The van der Waals surface area contributed by atoms with Crippen molar-refractivity contribution in [2.75, 3.05) is 26.0 Å². The number of urea groups is 1. The second-order valence-electron chi connectivity index (χ2n) is 4.92. The van der Waals surface area contributed by atoms with E-state index in [1.807, 2.05) is 0 Å². The fourth-order valence-corrected chi connectivity index (χ4v) is 3.15. The molecular weight excluding hydrogens is 314 g/mol. The Morgan fingerprint density at radius 2 is 2.23 bits per heavy atom. The number of carbonyl (C=O) groups is 3. The molecule has 10 nitrogen and oxygen atoms in total. The van der Waals surface area contributed by atoms with Gasteiger partial charge in [-0.05, 0) is 0 Å². The number of nitrogens with two attached hydrogens (primary N) is 1. The van der Waals surface area contributed by atoms with Crippen LogP contribution in [0.15, 0.2) is 4.99 Å². The van der Waals surface area contributed by atoms with Crippen LogP contribution < -0.4 is 11.1 Å². The summed E-state index contributed by atoms with van der Waals surface area (Å²) in [5.41, 5.74) is 5.20. The summed E-state index contributed by atoms with van der Waals surface area (Å²) in [5.74, 6) is -1.08. The van der Waals surface area contributed by atoms with Crippen molar-refractivity contribution in [1.82, 2.24) is 15.1 Å². The van der Waals surface area contributed by atoms with Crippen LogP contribution in [-0.2, 0) is 9.59 Å². The minimum atomic E-state index is -0.959. The summed E-state index contributed by atoms with van der Waals surface area (Å²) in [6.07, 6.45) is -1.71. The normalized spacial score (nSPS) is 25.7. The molecule has 0 aliphatic carbocycles. The van der Waals surface area contributed by atoms with Gasteiger partial charge in [0.05, 0.1) is 19.3 Å². The number of aliphatic hydroxyl groups is 2. The molecule has 0 aromatic rings. The van der Waals surface area contributed by atoms with E-state index in [1.54, 1.807) is 0 Å². The molecule has 22 heavy (non-hydrogen) atoms. The summed E-state index contributed by atoms with van der Waals surface area (Å²) >= 11 is 1.08. The maximum atomic E-state index is 12.0. The largest absolute Gasteiger partial charge is 0.394 e. The lowest BCUT2D eigenvalue weighted by Gasteiger charge is -2.35. The fraction of sp³-hybridized carbons (Fsp3) is 0.636. The van der Waals surface area contributed by atoms with Gasteiger partial charge in [0.1, 0.15) is 0 Å². The van der Waals surface area contributed by atoms with Crippen molar-refractivity contribution in [3.8, 4) is 0 Å². The molecule has 0 aromatic heterocycles. The molecule has 0 radical (unpaired) electrons. The van der Waals surface area contributed by atoms with Gasteiger partial charge in [-0.2, -0.15) is 0 Å². The van der Waals surface area contributed by atoms with Crippen LogP contribution in [0.25, 0.3) is 0 Å². The molecule has 3 atom stereocenters. The highest BCUT2D eigenvalue weighted by molar-refractivity contribution is 8.13. The number of nitrogens with one attached hydrogen (secondary N) is 1. The summed E-state index contributed by atoms with van der Waals surface area (Å²) in [4.78, 5) is 41.9. The number of thioether (sulfide) groups is 1. The first-order chi connectivity index (χ1) is 10.3. The van der Waals surface area contributed by atoms with Gasteiger partial charge < -0.3 is 25.7 Å². The summed E-state index contributed by atoms with van der Waals surface area (Å²) in [5, 5.41) is 20.7. The molecule has 2 rings (SSSR count). The second kappa shape index (κ2) is 6.50. The summed E-state index contributed by atoms with van der Waals surface area (Å²) in [6, 6.07) is -1.42. The molecule has 1 fully saturated rings. The van der Waals surface area contributed by atoms with E-state index in [1.165, 1.54) is 16.8 Å². The Balaban J connectivity index is 2.22. The molecule has 2 aliphatic rings. The molecule has 11 heteroatoms. The van der Waals surface area contributed by atoms with E-state index in [2.05, 4.69) is 10.3 Å². The standard InChI is InChI=1S/C11H17N5O5S/c1-15-8-7(9(20)14-10(15)21)16(2-6(12)19)11(13-8)22-4-5(18)3-17/h5,7-8,17-18H,2-4H2,1H3,(H2,12,19)(H,14,20,21). The first kappa shape index (κ1) is 16.5. The average molecular weight is 331 g/mol. The maximum absolute atomic E-state index is 12.0. The van der Waals surface area contributed by atoms with Crippen molar-refractivity contribution in [2.45, 2.75) is 18.3 Å². The fourth-order valence-electron chi connectivity index (χ4n) is 2.18. The minimum Gasteiger partial charge on any atom is -0.394 e. The van der Waals surface area contributed by atoms with Gasteiger partial charge in [0.15, 0.2) is 17.4 Å². The van der Waals surface area contributed by atoms with E-state index in [0.717, 1.165) is 11.8 Å². The van der Waals surface area contributed by atoms with Crippen molar-refractivity contribution < 1.29 is 24.6 Å². The van der Waals surface area contributed by atoms with Gasteiger partial charge in [-0.1, -0.05) is 11.8 Å². The van der Waals surface area contributed by atoms with Gasteiger partial charge in [0.2, 0.25) is 5.91 Å². The zero-order valence-corrected chi connectivity index (χ0v) is 12.6. The van der Waals surface area contributed by atoms with Crippen LogP contribution >= 0.6 is 11.8 Å². The molecule has 3 unspecified atom stereocenters. The SMILES string of the molecule is CN1C(=O)NC(=O)C2C1N=C(SCC(O)CO)N2CC(N)=O. The zero-order valence-electron chi connectivity index (χ0n) is 11.8. The third-order valence-electron chi connectivity index (χ3n) is 3.26. The number of amides is 4. The van der Waals surface area contributed by atoms with Gasteiger partial charge in [0, 0.05) is 12.8 Å². The number of aliphatic imine (C=N–C) groups is 1. The molecule has 4 amide bonds. The summed E-state index contributed by atoms with van der Waals surface area (Å²) in [6.45, 7) is -0.653. The summed E-state index contributed by atoms with van der Waals surface area (Å²) < 4.78 is 0. The molecule has 2 heterocycles. The monoisotopic (exact) mass is 331 g/mol. The Hall–Kier alpha value is -1.85. The van der Waals surface area contributed by atoms with Crippen LogP contribution in [0.2, 0.25) is 0 Å². The van der Waals surface area contributed by atoms with Crippen LogP contribution in [0.5, 0.6) is 0 Å². The zero-order chi connectivity index (χ0) is 16.4. The molecule has 0 spiro atoms. The Labute approximate surface area is 130 Å². The average Bonchev–Trinajstić information content (AvgIpc) is 2.80. The smallest absolute Gasteiger partial charge is 0.325 e. The number of hydrogen-bond donors (Lipinski definition) is 4. The van der Waals surface area contributed by atoms with Crippen LogP contribution in [0.4, 0.5) is 4.79 Å². The third-order valence-corrected chi connectivity index (χ3v) is 4.41. The van der Waals surface area contributed by atoms with Crippen molar-refractivity contribution in [3.63, 3.8) is 0 Å². The predicted octanol–water partition coefficient (Wildman–Crippen LogP) is -2.89. The number of amidine groups is 1. The van der Waals surface area contributed by atoms with Crippen molar-refractivity contribution >= 4 is 34.8 Å². The lowest BCUT2D eigenvalue weighted by atomic mass is 10.1. The minimum absolute atomic E-state index is 0.128. The van der Waals surface area contributed by atoms with E-state index in [4.69, 9.17) is 10.8 Å². The van der Waals surface area contributed by atoms with Gasteiger partial charge in [0.25, 0.3) is 5.91 Å². The lowest BCUT2D eigenvalue weighted by molar-refractivity contribution is -0.128. The first-order valence-corrected chi connectivity index (χ1v) is 7.45. The van der Waals surface area contributed by atoms with Crippen LogP contribution in [0.3, 0.4) is 0 Å². The molecule has 5 N–H and O–H groups in total. The molecule has 0 aromatic carbocycles. The maximum Gasteiger partial charge on any atom is 0.325 e. The molecule has 0 bridgehead atoms. The number of nitrogens with zero attached hydrogens (tertiary/aromatic N) is 3. The van der Waals surface area contributed by atoms with E-state index in [-0.39, 0.29) is 12.3 Å². The number of rotatable bonds is 5. The predicted molar refractivity (Wildman–Crippen MR) is 77.8 cm³/mol. The quantitative estimate of drug-likeness (QED) is 0.422. The molecule has 2 aliphatic heterocycles. The number of likely N-dealkylation sites (N-methyl/N-ethyl adjacent to an activating group) is 1. The number of primary amides is 1. The molecule has 122 valence electrons. The number of carbonyl (C=O) groups excluding carboxylic acids is 3.